The van der Waals surface area contributed by atoms with E-state index < -0.39 is 0 Å². The molecular formula is C21H18N2O3. The second-order valence-corrected chi connectivity index (χ2v) is 5.90. The molecule has 0 fully saturated rings. The van der Waals surface area contributed by atoms with Crippen molar-refractivity contribution in [2.45, 2.75) is 6.42 Å². The molecule has 130 valence electrons. The van der Waals surface area contributed by atoms with Crippen molar-refractivity contribution >= 4 is 10.8 Å². The van der Waals surface area contributed by atoms with E-state index in [1.54, 1.807) is 14.2 Å². The Hall–Kier alpha value is -3.34. The average Bonchev–Trinajstić information content (AvgIpc) is 3.16. The van der Waals surface area contributed by atoms with Crippen molar-refractivity contribution in [1.29, 1.82) is 0 Å². The zero-order valence-corrected chi connectivity index (χ0v) is 14.6. The molecule has 0 bridgehead atoms. The minimum Gasteiger partial charge on any atom is -0.493 e. The molecule has 0 amide bonds. The van der Waals surface area contributed by atoms with Crippen LogP contribution in [0.25, 0.3) is 22.2 Å². The van der Waals surface area contributed by atoms with E-state index in [9.17, 15) is 0 Å². The maximum absolute atomic E-state index is 5.47. The van der Waals surface area contributed by atoms with Crippen LogP contribution >= 0.6 is 0 Å². The van der Waals surface area contributed by atoms with Gasteiger partial charge in [-0.2, -0.15) is 4.98 Å². The third-order valence-corrected chi connectivity index (χ3v) is 4.33. The molecule has 1 heterocycles. The number of rotatable bonds is 5. The summed E-state index contributed by atoms with van der Waals surface area (Å²) in [6, 6.07) is 20.1. The largest absolute Gasteiger partial charge is 0.493 e. The second-order valence-electron chi connectivity index (χ2n) is 5.90. The van der Waals surface area contributed by atoms with Crippen LogP contribution in [0.5, 0.6) is 11.5 Å². The summed E-state index contributed by atoms with van der Waals surface area (Å²) in [5.74, 6) is 2.40. The summed E-state index contributed by atoms with van der Waals surface area (Å²) < 4.78 is 16.1. The van der Waals surface area contributed by atoms with Gasteiger partial charge < -0.3 is 14.0 Å². The van der Waals surface area contributed by atoms with Gasteiger partial charge in [0.1, 0.15) is 0 Å². The predicted molar refractivity (Wildman–Crippen MR) is 99.6 cm³/mol. The lowest BCUT2D eigenvalue weighted by atomic mass is 10.0. The Morgan fingerprint density at radius 1 is 0.885 bits per heavy atom. The van der Waals surface area contributed by atoms with E-state index in [0.717, 1.165) is 11.1 Å². The molecule has 26 heavy (non-hydrogen) atoms. The van der Waals surface area contributed by atoms with E-state index in [1.807, 2.05) is 36.4 Å². The number of hydrogen-bond donors (Lipinski definition) is 0. The molecule has 4 rings (SSSR count). The first kappa shape index (κ1) is 16.1. The lowest BCUT2D eigenvalue weighted by Crippen LogP contribution is -1.92. The van der Waals surface area contributed by atoms with Crippen LogP contribution < -0.4 is 9.47 Å². The van der Waals surface area contributed by atoms with Crippen molar-refractivity contribution in [3.05, 3.63) is 72.1 Å². The molecule has 0 atom stereocenters. The second kappa shape index (κ2) is 6.88. The molecule has 0 N–H and O–H groups in total. The Bertz CT molecular complexity index is 1050. The number of methoxy groups -OCH3 is 2. The molecule has 0 unspecified atom stereocenters. The molecule has 3 aromatic carbocycles. The van der Waals surface area contributed by atoms with Crippen molar-refractivity contribution < 1.29 is 14.0 Å². The fraction of sp³-hybridized carbons (Fsp3) is 0.143. The van der Waals surface area contributed by atoms with E-state index >= 15 is 0 Å². The molecule has 5 heteroatoms. The molecule has 0 saturated heterocycles. The van der Waals surface area contributed by atoms with E-state index in [0.29, 0.717) is 29.6 Å². The summed E-state index contributed by atoms with van der Waals surface area (Å²) in [5.41, 5.74) is 1.97. The summed E-state index contributed by atoms with van der Waals surface area (Å²) in [7, 11) is 3.21. The molecule has 0 spiro atoms. The van der Waals surface area contributed by atoms with Crippen LogP contribution in [-0.4, -0.2) is 24.4 Å². The van der Waals surface area contributed by atoms with Crippen LogP contribution in [0, 0.1) is 0 Å². The molecule has 0 aliphatic heterocycles. The topological polar surface area (TPSA) is 57.4 Å². The fourth-order valence-corrected chi connectivity index (χ4v) is 3.03. The SMILES string of the molecule is COc1ccc(-c2noc(Cc3cccc4ccccc34)n2)cc1OC. The van der Waals surface area contributed by atoms with Crippen molar-refractivity contribution in [3.8, 4) is 22.9 Å². The standard InChI is InChI=1S/C21H18N2O3/c1-24-18-11-10-16(12-19(18)25-2)21-22-20(26-23-21)13-15-8-5-7-14-6-3-4-9-17(14)15/h3-12H,13H2,1-2H3. The third kappa shape index (κ3) is 2.99. The number of fused-ring (bicyclic) bond motifs is 1. The highest BCUT2D eigenvalue weighted by Crippen LogP contribution is 2.31. The van der Waals surface area contributed by atoms with Crippen LogP contribution in [-0.2, 0) is 6.42 Å². The zero-order valence-electron chi connectivity index (χ0n) is 14.6. The number of benzene rings is 3. The van der Waals surface area contributed by atoms with Crippen LogP contribution in [0.3, 0.4) is 0 Å². The Labute approximate surface area is 151 Å². The van der Waals surface area contributed by atoms with Crippen LogP contribution in [0.2, 0.25) is 0 Å². The van der Waals surface area contributed by atoms with Crippen molar-refractivity contribution in [2.75, 3.05) is 14.2 Å². The highest BCUT2D eigenvalue weighted by molar-refractivity contribution is 5.85. The summed E-state index contributed by atoms with van der Waals surface area (Å²) in [6.07, 6.45) is 0.585. The lowest BCUT2D eigenvalue weighted by molar-refractivity contribution is 0.355. The van der Waals surface area contributed by atoms with Gasteiger partial charge in [0.25, 0.3) is 0 Å². The quantitative estimate of drug-likeness (QED) is 0.532. The Morgan fingerprint density at radius 3 is 2.54 bits per heavy atom. The first-order valence-electron chi connectivity index (χ1n) is 8.30. The Balaban J connectivity index is 1.64. The summed E-state index contributed by atoms with van der Waals surface area (Å²) in [5, 5.41) is 6.51. The normalized spacial score (nSPS) is 10.8. The van der Waals surface area contributed by atoms with Gasteiger partial charge in [0.05, 0.1) is 20.6 Å². The van der Waals surface area contributed by atoms with E-state index in [-0.39, 0.29) is 0 Å². The Morgan fingerprint density at radius 2 is 1.69 bits per heavy atom. The van der Waals surface area contributed by atoms with Gasteiger partial charge in [0.2, 0.25) is 11.7 Å². The van der Waals surface area contributed by atoms with E-state index in [1.165, 1.54) is 10.8 Å². The van der Waals surface area contributed by atoms with Gasteiger partial charge in [-0.25, -0.2) is 0 Å². The maximum atomic E-state index is 5.47. The summed E-state index contributed by atoms with van der Waals surface area (Å²) >= 11 is 0. The number of ether oxygens (including phenoxy) is 2. The van der Waals surface area contributed by atoms with Gasteiger partial charge in [-0.05, 0) is 34.5 Å². The van der Waals surface area contributed by atoms with Gasteiger partial charge >= 0.3 is 0 Å². The maximum Gasteiger partial charge on any atom is 0.231 e. The van der Waals surface area contributed by atoms with Gasteiger partial charge in [0, 0.05) is 5.56 Å². The first-order valence-corrected chi connectivity index (χ1v) is 8.30. The number of hydrogen-bond acceptors (Lipinski definition) is 5. The van der Waals surface area contributed by atoms with Gasteiger partial charge in [-0.3, -0.25) is 0 Å². The van der Waals surface area contributed by atoms with Crippen molar-refractivity contribution in [3.63, 3.8) is 0 Å². The smallest absolute Gasteiger partial charge is 0.231 e. The molecule has 4 aromatic rings. The average molecular weight is 346 g/mol. The highest BCUT2D eigenvalue weighted by Gasteiger charge is 2.13. The monoisotopic (exact) mass is 346 g/mol. The molecule has 0 saturated carbocycles. The predicted octanol–water partition coefficient (Wildman–Crippen LogP) is 4.50. The van der Waals surface area contributed by atoms with E-state index in [2.05, 4.69) is 34.4 Å². The minimum atomic E-state index is 0.529. The molecular weight excluding hydrogens is 328 g/mol. The fourth-order valence-electron chi connectivity index (χ4n) is 3.03. The minimum absolute atomic E-state index is 0.529. The van der Waals surface area contributed by atoms with E-state index in [4.69, 9.17) is 14.0 Å². The Kier molecular flexibility index (Phi) is 4.27. The van der Waals surface area contributed by atoms with Gasteiger partial charge in [-0.15, -0.1) is 0 Å². The molecule has 0 radical (unpaired) electrons. The highest BCUT2D eigenvalue weighted by atomic mass is 16.5. The van der Waals surface area contributed by atoms with Gasteiger partial charge in [0.15, 0.2) is 11.5 Å². The third-order valence-electron chi connectivity index (χ3n) is 4.33. The number of aromatic nitrogens is 2. The summed E-state index contributed by atoms with van der Waals surface area (Å²) in [4.78, 5) is 4.54. The summed E-state index contributed by atoms with van der Waals surface area (Å²) in [6.45, 7) is 0. The van der Waals surface area contributed by atoms with Crippen LogP contribution in [0.15, 0.2) is 65.2 Å². The first-order chi connectivity index (χ1) is 12.8. The van der Waals surface area contributed by atoms with Gasteiger partial charge in [-0.1, -0.05) is 47.6 Å². The number of nitrogens with zero attached hydrogens (tertiary/aromatic N) is 2. The van der Waals surface area contributed by atoms with Crippen LogP contribution in [0.1, 0.15) is 11.5 Å². The van der Waals surface area contributed by atoms with Crippen molar-refractivity contribution in [1.82, 2.24) is 10.1 Å². The lowest BCUT2D eigenvalue weighted by Gasteiger charge is -2.07. The molecule has 0 aliphatic rings. The van der Waals surface area contributed by atoms with Crippen LogP contribution in [0.4, 0.5) is 0 Å². The molecule has 1 aromatic heterocycles. The molecule has 5 nitrogen and oxygen atoms in total. The molecule has 0 aliphatic carbocycles. The van der Waals surface area contributed by atoms with Crippen molar-refractivity contribution in [2.24, 2.45) is 0 Å². The zero-order chi connectivity index (χ0) is 17.9.